The van der Waals surface area contributed by atoms with Gasteiger partial charge in [0.1, 0.15) is 4.21 Å². The zero-order valence-corrected chi connectivity index (χ0v) is 16.6. The van der Waals surface area contributed by atoms with Gasteiger partial charge in [0, 0.05) is 29.9 Å². The molecule has 4 nitrogen and oxygen atoms in total. The van der Waals surface area contributed by atoms with Crippen LogP contribution >= 0.6 is 11.3 Å². The van der Waals surface area contributed by atoms with Crippen LogP contribution in [0, 0.1) is 6.92 Å². The fraction of sp³-hybridized carbons (Fsp3) is 0.300. The number of thiophene rings is 1. The van der Waals surface area contributed by atoms with Gasteiger partial charge in [0.15, 0.2) is 0 Å². The Hall–Kier alpha value is -1.89. The second-order valence-electron chi connectivity index (χ2n) is 6.63. The van der Waals surface area contributed by atoms with Gasteiger partial charge in [-0.1, -0.05) is 36.8 Å². The van der Waals surface area contributed by atoms with Crippen LogP contribution in [0.5, 0.6) is 0 Å². The fourth-order valence-corrected chi connectivity index (χ4v) is 6.51. The van der Waals surface area contributed by atoms with Gasteiger partial charge in [-0.05, 0) is 43.2 Å². The van der Waals surface area contributed by atoms with Gasteiger partial charge in [-0.15, -0.1) is 11.3 Å². The average molecular weight is 387 g/mol. The van der Waals surface area contributed by atoms with Crippen molar-refractivity contribution in [2.75, 3.05) is 6.54 Å². The molecule has 3 heterocycles. The highest BCUT2D eigenvalue weighted by molar-refractivity contribution is 7.91. The fourth-order valence-electron chi connectivity index (χ4n) is 3.51. The van der Waals surface area contributed by atoms with Crippen molar-refractivity contribution >= 4 is 21.4 Å². The maximum absolute atomic E-state index is 13.4. The number of aromatic nitrogens is 1. The molecule has 6 heteroatoms. The average Bonchev–Trinajstić information content (AvgIpc) is 3.31. The molecule has 0 N–H and O–H groups in total. The lowest BCUT2D eigenvalue weighted by molar-refractivity contribution is 0.299. The molecule has 0 saturated carbocycles. The maximum Gasteiger partial charge on any atom is 0.253 e. The first-order valence-electron chi connectivity index (χ1n) is 8.83. The standard InChI is InChI=1S/C20H22N2O2S2/c1-3-17-10-11-19(25-17)26(23,24)22-14-13-21-12-4-5-18(21)20(22)16-8-6-15(2)7-9-16/h4-12,20H,3,13-14H2,1-2H3/t20-/m1/s1. The van der Waals surface area contributed by atoms with E-state index in [4.69, 9.17) is 0 Å². The summed E-state index contributed by atoms with van der Waals surface area (Å²) in [5.41, 5.74) is 3.20. The lowest BCUT2D eigenvalue weighted by Gasteiger charge is -2.36. The SMILES string of the molecule is CCc1ccc(S(=O)(=O)N2CCn3cccc3[C@H]2c2ccc(C)cc2)s1. The summed E-state index contributed by atoms with van der Waals surface area (Å²) in [7, 11) is -3.54. The van der Waals surface area contributed by atoms with Crippen molar-refractivity contribution in [3.05, 3.63) is 76.4 Å². The van der Waals surface area contributed by atoms with E-state index in [2.05, 4.69) is 4.57 Å². The number of aryl methyl sites for hydroxylation is 2. The summed E-state index contributed by atoms with van der Waals surface area (Å²) in [5.74, 6) is 0. The second kappa shape index (κ2) is 6.68. The summed E-state index contributed by atoms with van der Waals surface area (Å²) in [4.78, 5) is 1.09. The number of fused-ring (bicyclic) bond motifs is 1. The van der Waals surface area contributed by atoms with Gasteiger partial charge in [0.05, 0.1) is 6.04 Å². The Morgan fingerprint density at radius 3 is 2.54 bits per heavy atom. The molecule has 0 spiro atoms. The van der Waals surface area contributed by atoms with E-state index in [9.17, 15) is 8.42 Å². The third-order valence-corrected chi connectivity index (χ3v) is 8.50. The molecule has 3 aromatic rings. The van der Waals surface area contributed by atoms with Crippen LogP contribution in [0.15, 0.2) is 58.9 Å². The third-order valence-electron chi connectivity index (χ3n) is 4.94. The van der Waals surface area contributed by atoms with E-state index in [1.54, 1.807) is 10.4 Å². The van der Waals surface area contributed by atoms with E-state index in [0.29, 0.717) is 17.3 Å². The third kappa shape index (κ3) is 2.92. The van der Waals surface area contributed by atoms with E-state index in [1.807, 2.05) is 62.5 Å². The van der Waals surface area contributed by atoms with Crippen molar-refractivity contribution in [2.45, 2.75) is 37.1 Å². The van der Waals surface area contributed by atoms with Crippen molar-refractivity contribution in [2.24, 2.45) is 0 Å². The minimum absolute atomic E-state index is 0.295. The normalized spacial score (nSPS) is 18.0. The Balaban J connectivity index is 1.82. The Morgan fingerprint density at radius 1 is 1.08 bits per heavy atom. The number of nitrogens with zero attached hydrogens (tertiary/aromatic N) is 2. The zero-order valence-electron chi connectivity index (χ0n) is 14.9. The molecule has 1 aliphatic heterocycles. The highest BCUT2D eigenvalue weighted by Gasteiger charge is 2.38. The van der Waals surface area contributed by atoms with Gasteiger partial charge < -0.3 is 4.57 Å². The highest BCUT2D eigenvalue weighted by atomic mass is 32.2. The summed E-state index contributed by atoms with van der Waals surface area (Å²) >= 11 is 1.38. The minimum Gasteiger partial charge on any atom is -0.348 e. The molecular formula is C20H22N2O2S2. The lowest BCUT2D eigenvalue weighted by atomic mass is 10.0. The molecule has 1 aromatic carbocycles. The van der Waals surface area contributed by atoms with Crippen LogP contribution in [0.2, 0.25) is 0 Å². The van der Waals surface area contributed by atoms with Crippen molar-refractivity contribution in [1.29, 1.82) is 0 Å². The molecule has 1 atom stereocenters. The van der Waals surface area contributed by atoms with Gasteiger partial charge in [-0.3, -0.25) is 0 Å². The number of sulfonamides is 1. The molecule has 1 aliphatic rings. The summed E-state index contributed by atoms with van der Waals surface area (Å²) in [6.45, 7) is 5.24. The molecule has 2 aromatic heterocycles. The molecule has 0 aliphatic carbocycles. The van der Waals surface area contributed by atoms with Crippen LogP contribution in [-0.4, -0.2) is 23.8 Å². The molecular weight excluding hydrogens is 364 g/mol. The van der Waals surface area contributed by atoms with Crippen LogP contribution in [-0.2, 0) is 23.0 Å². The van der Waals surface area contributed by atoms with E-state index >= 15 is 0 Å². The first kappa shape index (κ1) is 17.5. The summed E-state index contributed by atoms with van der Waals surface area (Å²) in [5, 5.41) is 0. The molecule has 0 fully saturated rings. The van der Waals surface area contributed by atoms with E-state index in [-0.39, 0.29) is 6.04 Å². The second-order valence-corrected chi connectivity index (χ2v) is 9.92. The lowest BCUT2D eigenvalue weighted by Crippen LogP contribution is -2.42. The Morgan fingerprint density at radius 2 is 1.85 bits per heavy atom. The predicted octanol–water partition coefficient (Wildman–Crippen LogP) is 4.21. The van der Waals surface area contributed by atoms with Gasteiger partial charge in [-0.25, -0.2) is 8.42 Å². The molecule has 0 saturated heterocycles. The molecule has 26 heavy (non-hydrogen) atoms. The van der Waals surface area contributed by atoms with Crippen LogP contribution in [0.25, 0.3) is 0 Å². The number of benzene rings is 1. The van der Waals surface area contributed by atoms with Crippen molar-refractivity contribution in [1.82, 2.24) is 8.87 Å². The Labute approximate surface area is 158 Å². The monoisotopic (exact) mass is 386 g/mol. The van der Waals surface area contributed by atoms with Crippen molar-refractivity contribution < 1.29 is 8.42 Å². The van der Waals surface area contributed by atoms with Crippen molar-refractivity contribution in [3.8, 4) is 0 Å². The molecule has 4 rings (SSSR count). The Bertz CT molecular complexity index is 1020. The van der Waals surface area contributed by atoms with Crippen LogP contribution in [0.1, 0.15) is 34.7 Å². The van der Waals surface area contributed by atoms with E-state index < -0.39 is 10.0 Å². The predicted molar refractivity (Wildman–Crippen MR) is 105 cm³/mol. The van der Waals surface area contributed by atoms with Gasteiger partial charge in [0.25, 0.3) is 10.0 Å². The molecule has 0 radical (unpaired) electrons. The molecule has 136 valence electrons. The van der Waals surface area contributed by atoms with E-state index in [1.165, 1.54) is 16.9 Å². The summed E-state index contributed by atoms with van der Waals surface area (Å²) in [6, 6.07) is 15.6. The summed E-state index contributed by atoms with van der Waals surface area (Å²) in [6.07, 6.45) is 2.88. The first-order valence-corrected chi connectivity index (χ1v) is 11.1. The van der Waals surface area contributed by atoms with Crippen LogP contribution in [0.4, 0.5) is 0 Å². The van der Waals surface area contributed by atoms with Gasteiger partial charge in [0.2, 0.25) is 0 Å². The highest BCUT2D eigenvalue weighted by Crippen LogP contribution is 2.38. The maximum atomic E-state index is 13.4. The smallest absolute Gasteiger partial charge is 0.253 e. The number of hydrogen-bond acceptors (Lipinski definition) is 3. The van der Waals surface area contributed by atoms with Gasteiger partial charge >= 0.3 is 0 Å². The number of hydrogen-bond donors (Lipinski definition) is 0. The molecule has 0 amide bonds. The topological polar surface area (TPSA) is 42.3 Å². The molecule has 0 unspecified atom stereocenters. The van der Waals surface area contributed by atoms with Gasteiger partial charge in [-0.2, -0.15) is 4.31 Å². The Kier molecular flexibility index (Phi) is 4.50. The first-order chi connectivity index (χ1) is 12.5. The largest absolute Gasteiger partial charge is 0.348 e. The quantitative estimate of drug-likeness (QED) is 0.674. The minimum atomic E-state index is -3.54. The van der Waals surface area contributed by atoms with Crippen molar-refractivity contribution in [3.63, 3.8) is 0 Å². The molecule has 0 bridgehead atoms. The zero-order chi connectivity index (χ0) is 18.3. The van der Waals surface area contributed by atoms with Crippen LogP contribution in [0.3, 0.4) is 0 Å². The summed E-state index contributed by atoms with van der Waals surface area (Å²) < 4.78 is 31.1. The van der Waals surface area contributed by atoms with E-state index in [0.717, 1.165) is 22.6 Å². The van der Waals surface area contributed by atoms with Crippen LogP contribution < -0.4 is 0 Å². The number of rotatable bonds is 4.